The van der Waals surface area contributed by atoms with E-state index in [2.05, 4.69) is 5.32 Å². The molecule has 3 amide bonds. The SMILES string of the molecule is O=C(NC[C@@H]1CCCC[C@@H]1C(=O)O)c1ccc2c(c1)C(=O)N(Cc1ccco1)C2=O. The Kier molecular flexibility index (Phi) is 5.39. The van der Waals surface area contributed by atoms with E-state index in [9.17, 15) is 24.3 Å². The third-order valence-electron chi connectivity index (χ3n) is 5.88. The Hall–Kier alpha value is -3.42. The van der Waals surface area contributed by atoms with E-state index in [4.69, 9.17) is 4.42 Å². The molecule has 2 heterocycles. The number of nitrogens with one attached hydrogen (secondary N) is 1. The van der Waals surface area contributed by atoms with Crippen molar-refractivity contribution in [1.29, 1.82) is 0 Å². The molecule has 30 heavy (non-hydrogen) atoms. The first-order chi connectivity index (χ1) is 14.5. The molecule has 0 saturated heterocycles. The summed E-state index contributed by atoms with van der Waals surface area (Å²) in [5, 5.41) is 12.2. The third kappa shape index (κ3) is 3.72. The lowest BCUT2D eigenvalue weighted by Crippen LogP contribution is -2.37. The number of hydrogen-bond acceptors (Lipinski definition) is 5. The number of nitrogens with zero attached hydrogens (tertiary/aromatic N) is 1. The molecule has 156 valence electrons. The number of benzene rings is 1. The molecule has 2 aliphatic rings. The largest absolute Gasteiger partial charge is 0.481 e. The Morgan fingerprint density at radius 2 is 1.87 bits per heavy atom. The Labute approximate surface area is 172 Å². The van der Waals surface area contributed by atoms with Crippen molar-refractivity contribution in [2.45, 2.75) is 32.2 Å². The van der Waals surface area contributed by atoms with E-state index in [1.54, 1.807) is 12.1 Å². The van der Waals surface area contributed by atoms with Gasteiger partial charge in [-0.1, -0.05) is 12.8 Å². The van der Waals surface area contributed by atoms with Crippen molar-refractivity contribution in [1.82, 2.24) is 10.2 Å². The summed E-state index contributed by atoms with van der Waals surface area (Å²) in [5.74, 6) is -2.19. The van der Waals surface area contributed by atoms with Gasteiger partial charge in [0.1, 0.15) is 5.76 Å². The van der Waals surface area contributed by atoms with Crippen LogP contribution in [0.15, 0.2) is 41.0 Å². The number of aliphatic carboxylic acids is 1. The highest BCUT2D eigenvalue weighted by molar-refractivity contribution is 6.22. The normalized spacial score (nSPS) is 20.9. The number of imide groups is 1. The van der Waals surface area contributed by atoms with Crippen LogP contribution in [-0.2, 0) is 11.3 Å². The molecule has 1 fully saturated rings. The first-order valence-electron chi connectivity index (χ1n) is 9.99. The van der Waals surface area contributed by atoms with Crippen molar-refractivity contribution in [2.24, 2.45) is 11.8 Å². The van der Waals surface area contributed by atoms with Gasteiger partial charge in [-0.25, -0.2) is 0 Å². The second-order valence-electron chi connectivity index (χ2n) is 7.74. The van der Waals surface area contributed by atoms with Gasteiger partial charge in [-0.3, -0.25) is 24.1 Å². The van der Waals surface area contributed by atoms with E-state index < -0.39 is 29.6 Å². The van der Waals surface area contributed by atoms with Crippen molar-refractivity contribution >= 4 is 23.7 Å². The molecule has 2 N–H and O–H groups in total. The van der Waals surface area contributed by atoms with Crippen molar-refractivity contribution in [3.8, 4) is 0 Å². The van der Waals surface area contributed by atoms with Crippen LogP contribution in [0.1, 0.15) is 62.5 Å². The molecular weight excluding hydrogens is 388 g/mol. The molecule has 1 aliphatic heterocycles. The van der Waals surface area contributed by atoms with Gasteiger partial charge >= 0.3 is 5.97 Å². The fourth-order valence-electron chi connectivity index (χ4n) is 4.24. The van der Waals surface area contributed by atoms with Crippen molar-refractivity contribution in [3.63, 3.8) is 0 Å². The molecule has 1 aromatic heterocycles. The number of furan rings is 1. The maximum absolute atomic E-state index is 12.7. The predicted octanol–water partition coefficient (Wildman–Crippen LogP) is 2.70. The van der Waals surface area contributed by atoms with Gasteiger partial charge in [-0.2, -0.15) is 0 Å². The highest BCUT2D eigenvalue weighted by Crippen LogP contribution is 2.30. The predicted molar refractivity (Wildman–Crippen MR) is 105 cm³/mol. The van der Waals surface area contributed by atoms with Crippen LogP contribution < -0.4 is 5.32 Å². The monoisotopic (exact) mass is 410 g/mol. The lowest BCUT2D eigenvalue weighted by atomic mass is 9.79. The average molecular weight is 410 g/mol. The number of fused-ring (bicyclic) bond motifs is 1. The van der Waals surface area contributed by atoms with Crippen molar-refractivity contribution in [3.05, 3.63) is 59.0 Å². The minimum Gasteiger partial charge on any atom is -0.481 e. The Balaban J connectivity index is 1.45. The molecule has 2 atom stereocenters. The van der Waals surface area contributed by atoms with Crippen molar-refractivity contribution in [2.75, 3.05) is 6.54 Å². The van der Waals surface area contributed by atoms with Crippen LogP contribution in [0.5, 0.6) is 0 Å². The summed E-state index contributed by atoms with van der Waals surface area (Å²) in [4.78, 5) is 50.4. The fourth-order valence-corrected chi connectivity index (χ4v) is 4.24. The maximum atomic E-state index is 12.7. The van der Waals surface area contributed by atoms with Gasteiger partial charge < -0.3 is 14.8 Å². The minimum atomic E-state index is -0.827. The standard InChI is InChI=1S/C22H22N2O6/c25-19(23-11-14-4-1-2-6-16(14)22(28)29)13-7-8-17-18(10-13)21(27)24(20(17)26)12-15-5-3-9-30-15/h3,5,7-10,14,16H,1-2,4,6,11-12H2,(H,23,25)(H,28,29)/t14-,16-/m0/s1. The highest BCUT2D eigenvalue weighted by atomic mass is 16.4. The van der Waals surface area contributed by atoms with E-state index in [0.717, 1.165) is 24.2 Å². The first-order valence-corrected chi connectivity index (χ1v) is 9.99. The summed E-state index contributed by atoms with van der Waals surface area (Å²) >= 11 is 0. The summed E-state index contributed by atoms with van der Waals surface area (Å²) in [6, 6.07) is 7.76. The molecule has 8 nitrogen and oxygen atoms in total. The van der Waals surface area contributed by atoms with Gasteiger partial charge in [0.15, 0.2) is 0 Å². The van der Waals surface area contributed by atoms with E-state index in [1.165, 1.54) is 24.5 Å². The number of hydrogen-bond donors (Lipinski definition) is 2. The van der Waals surface area contributed by atoms with Gasteiger partial charge in [0.25, 0.3) is 17.7 Å². The molecule has 1 aliphatic carbocycles. The molecular formula is C22H22N2O6. The number of carbonyl (C=O) groups excluding carboxylic acids is 3. The van der Waals surface area contributed by atoms with Gasteiger partial charge in [-0.15, -0.1) is 0 Å². The molecule has 0 unspecified atom stereocenters. The summed E-state index contributed by atoms with van der Waals surface area (Å²) in [6.45, 7) is 0.295. The zero-order chi connectivity index (χ0) is 21.3. The van der Waals surface area contributed by atoms with E-state index in [0.29, 0.717) is 12.2 Å². The average Bonchev–Trinajstić information content (AvgIpc) is 3.35. The number of carboxylic acids is 1. The molecule has 4 rings (SSSR count). The topological polar surface area (TPSA) is 117 Å². The number of carboxylic acid groups (broad SMARTS) is 1. The summed E-state index contributed by atoms with van der Waals surface area (Å²) in [7, 11) is 0. The lowest BCUT2D eigenvalue weighted by molar-refractivity contribution is -0.144. The molecule has 0 bridgehead atoms. The Bertz CT molecular complexity index is 997. The van der Waals surface area contributed by atoms with Crippen LogP contribution in [-0.4, -0.2) is 40.2 Å². The van der Waals surface area contributed by atoms with E-state index in [-0.39, 0.29) is 35.7 Å². The lowest BCUT2D eigenvalue weighted by Gasteiger charge is -2.28. The Morgan fingerprint density at radius 1 is 1.10 bits per heavy atom. The van der Waals surface area contributed by atoms with Crippen LogP contribution in [0, 0.1) is 11.8 Å². The molecule has 8 heteroatoms. The second-order valence-corrected chi connectivity index (χ2v) is 7.74. The number of carbonyl (C=O) groups is 4. The molecule has 2 aromatic rings. The van der Waals surface area contributed by atoms with Crippen LogP contribution >= 0.6 is 0 Å². The summed E-state index contributed by atoms with van der Waals surface area (Å²) in [5.41, 5.74) is 0.694. The smallest absolute Gasteiger partial charge is 0.306 e. The Morgan fingerprint density at radius 3 is 2.60 bits per heavy atom. The molecule has 1 saturated carbocycles. The first kappa shape index (κ1) is 19.9. The number of rotatable bonds is 6. The quantitative estimate of drug-likeness (QED) is 0.707. The summed E-state index contributed by atoms with van der Waals surface area (Å²) in [6.07, 6.45) is 4.69. The fraction of sp³-hybridized carbons (Fsp3) is 0.364. The second kappa shape index (κ2) is 8.14. The van der Waals surface area contributed by atoms with Gasteiger partial charge in [0.05, 0.1) is 29.9 Å². The molecule has 0 radical (unpaired) electrons. The highest BCUT2D eigenvalue weighted by Gasteiger charge is 2.36. The van der Waals surface area contributed by atoms with Gasteiger partial charge in [-0.05, 0) is 49.1 Å². The van der Waals surface area contributed by atoms with E-state index >= 15 is 0 Å². The minimum absolute atomic E-state index is 0.0269. The van der Waals surface area contributed by atoms with Crippen molar-refractivity contribution < 1.29 is 28.7 Å². The van der Waals surface area contributed by atoms with Gasteiger partial charge in [0, 0.05) is 12.1 Å². The van der Waals surface area contributed by atoms with Crippen LogP contribution in [0.25, 0.3) is 0 Å². The third-order valence-corrected chi connectivity index (χ3v) is 5.88. The molecule has 0 spiro atoms. The van der Waals surface area contributed by atoms with E-state index in [1.807, 2.05) is 0 Å². The zero-order valence-corrected chi connectivity index (χ0v) is 16.3. The number of amides is 3. The molecule has 1 aromatic carbocycles. The zero-order valence-electron chi connectivity index (χ0n) is 16.3. The maximum Gasteiger partial charge on any atom is 0.306 e. The van der Waals surface area contributed by atoms with Crippen LogP contribution in [0.4, 0.5) is 0 Å². The van der Waals surface area contributed by atoms with Crippen LogP contribution in [0.3, 0.4) is 0 Å². The van der Waals surface area contributed by atoms with Crippen LogP contribution in [0.2, 0.25) is 0 Å². The van der Waals surface area contributed by atoms with Gasteiger partial charge in [0.2, 0.25) is 0 Å². The summed E-state index contributed by atoms with van der Waals surface area (Å²) < 4.78 is 5.22.